The van der Waals surface area contributed by atoms with Gasteiger partial charge in [-0.25, -0.2) is 14.5 Å². The van der Waals surface area contributed by atoms with E-state index in [1.165, 1.54) is 19.4 Å². The van der Waals surface area contributed by atoms with Crippen molar-refractivity contribution in [3.8, 4) is 0 Å². The molecule has 0 saturated heterocycles. The van der Waals surface area contributed by atoms with Crippen LogP contribution in [0.15, 0.2) is 36.4 Å². The van der Waals surface area contributed by atoms with E-state index in [0.717, 1.165) is 5.56 Å². The topological polar surface area (TPSA) is 89.5 Å². The number of hydrogen-bond donors (Lipinski definition) is 0. The Morgan fingerprint density at radius 2 is 1.69 bits per heavy atom. The standard InChI is InChI=1S/C21H30O8/c1-14(2)17-8-10-18(11-9-17)21(6,7)28-29-27-20(23)26-16(5)24-12-13-25-19(22)15(3)4/h8-11,14,16H,3,12-13H2,1-2,4-7H3. The average molecular weight is 410 g/mol. The normalized spacial score (nSPS) is 12.4. The minimum atomic E-state index is -1.14. The first-order valence-electron chi connectivity index (χ1n) is 9.30. The second kappa shape index (κ2) is 11.5. The van der Waals surface area contributed by atoms with Gasteiger partial charge >= 0.3 is 12.1 Å². The van der Waals surface area contributed by atoms with Crippen molar-refractivity contribution in [3.63, 3.8) is 0 Å². The summed E-state index contributed by atoms with van der Waals surface area (Å²) in [5.74, 6) is -0.0987. The molecule has 0 amide bonds. The molecule has 162 valence electrons. The van der Waals surface area contributed by atoms with E-state index in [-0.39, 0.29) is 18.8 Å². The van der Waals surface area contributed by atoms with Crippen LogP contribution in [0.2, 0.25) is 0 Å². The van der Waals surface area contributed by atoms with Crippen molar-refractivity contribution in [2.45, 2.75) is 59.4 Å². The van der Waals surface area contributed by atoms with Gasteiger partial charge in [0.15, 0.2) is 0 Å². The third kappa shape index (κ3) is 9.08. The van der Waals surface area contributed by atoms with Gasteiger partial charge in [0, 0.05) is 5.57 Å². The third-order valence-electron chi connectivity index (χ3n) is 3.90. The summed E-state index contributed by atoms with van der Waals surface area (Å²) in [7, 11) is 0. The molecule has 1 atom stereocenters. The lowest BCUT2D eigenvalue weighted by atomic mass is 9.94. The quantitative estimate of drug-likeness (QED) is 0.131. The van der Waals surface area contributed by atoms with Crippen LogP contribution < -0.4 is 0 Å². The van der Waals surface area contributed by atoms with Gasteiger partial charge in [-0.05, 0) is 49.8 Å². The van der Waals surface area contributed by atoms with E-state index in [2.05, 4.69) is 30.4 Å². The van der Waals surface area contributed by atoms with E-state index in [1.54, 1.807) is 13.8 Å². The Bertz CT molecular complexity index is 678. The monoisotopic (exact) mass is 410 g/mol. The highest BCUT2D eigenvalue weighted by Crippen LogP contribution is 2.26. The Hall–Kier alpha value is -2.42. The summed E-state index contributed by atoms with van der Waals surface area (Å²) in [4.78, 5) is 32.4. The Morgan fingerprint density at radius 3 is 2.24 bits per heavy atom. The number of hydrogen-bond acceptors (Lipinski definition) is 8. The highest BCUT2D eigenvalue weighted by Gasteiger charge is 2.25. The second-order valence-corrected chi connectivity index (χ2v) is 7.24. The highest BCUT2D eigenvalue weighted by atomic mass is 17.5. The largest absolute Gasteiger partial charge is 0.544 e. The van der Waals surface area contributed by atoms with Crippen LogP contribution in [0.25, 0.3) is 0 Å². The molecule has 0 aromatic heterocycles. The van der Waals surface area contributed by atoms with Gasteiger partial charge in [0.25, 0.3) is 0 Å². The molecule has 0 heterocycles. The molecular formula is C21H30O8. The van der Waals surface area contributed by atoms with Gasteiger partial charge < -0.3 is 14.2 Å². The fourth-order valence-electron chi connectivity index (χ4n) is 2.11. The highest BCUT2D eigenvalue weighted by molar-refractivity contribution is 5.86. The van der Waals surface area contributed by atoms with Crippen LogP contribution >= 0.6 is 0 Å². The number of esters is 1. The molecule has 0 aliphatic carbocycles. The molecule has 0 fully saturated rings. The minimum Gasteiger partial charge on any atom is -0.460 e. The molecule has 0 spiro atoms. The van der Waals surface area contributed by atoms with Crippen LogP contribution in [0.1, 0.15) is 58.6 Å². The fraction of sp³-hybridized carbons (Fsp3) is 0.524. The first-order chi connectivity index (χ1) is 13.5. The SMILES string of the molecule is C=C(C)C(=O)OCCOC(C)OC(=O)OOOC(C)(C)c1ccc(C(C)C)cc1. The molecular weight excluding hydrogens is 380 g/mol. The van der Waals surface area contributed by atoms with Crippen molar-refractivity contribution in [3.05, 3.63) is 47.5 Å². The second-order valence-electron chi connectivity index (χ2n) is 7.24. The van der Waals surface area contributed by atoms with Crippen molar-refractivity contribution >= 4 is 12.1 Å². The van der Waals surface area contributed by atoms with Crippen molar-refractivity contribution in [1.82, 2.24) is 0 Å². The van der Waals surface area contributed by atoms with Gasteiger partial charge in [-0.1, -0.05) is 44.7 Å². The van der Waals surface area contributed by atoms with Gasteiger partial charge in [0.1, 0.15) is 12.2 Å². The predicted octanol–water partition coefficient (Wildman–Crippen LogP) is 4.54. The summed E-state index contributed by atoms with van der Waals surface area (Å²) >= 11 is 0. The lowest BCUT2D eigenvalue weighted by Crippen LogP contribution is -2.25. The summed E-state index contributed by atoms with van der Waals surface area (Å²) in [5, 5.41) is 4.57. The molecule has 0 bridgehead atoms. The Kier molecular flexibility index (Phi) is 9.80. The summed E-state index contributed by atoms with van der Waals surface area (Å²) in [5.41, 5.74) is 1.48. The van der Waals surface area contributed by atoms with Gasteiger partial charge in [-0.2, -0.15) is 4.89 Å². The van der Waals surface area contributed by atoms with Crippen LogP contribution in [0.5, 0.6) is 0 Å². The van der Waals surface area contributed by atoms with Crippen molar-refractivity contribution < 1.29 is 38.6 Å². The van der Waals surface area contributed by atoms with Gasteiger partial charge in [0.2, 0.25) is 6.29 Å². The van der Waals surface area contributed by atoms with Crippen LogP contribution in [-0.4, -0.2) is 31.6 Å². The van der Waals surface area contributed by atoms with E-state index >= 15 is 0 Å². The summed E-state index contributed by atoms with van der Waals surface area (Å²) in [6.07, 6.45) is -2.08. The lowest BCUT2D eigenvalue weighted by molar-refractivity contribution is -0.521. The zero-order chi connectivity index (χ0) is 22.0. The molecule has 8 nitrogen and oxygen atoms in total. The van der Waals surface area contributed by atoms with Crippen LogP contribution in [0, 0.1) is 0 Å². The molecule has 0 aliphatic rings. The lowest BCUT2D eigenvalue weighted by Gasteiger charge is -2.23. The van der Waals surface area contributed by atoms with E-state index in [1.807, 2.05) is 24.3 Å². The van der Waals surface area contributed by atoms with E-state index < -0.39 is 24.0 Å². The molecule has 0 saturated carbocycles. The first kappa shape index (κ1) is 24.6. The molecule has 1 rings (SSSR count). The minimum absolute atomic E-state index is 0.00214. The first-order valence-corrected chi connectivity index (χ1v) is 9.30. The van der Waals surface area contributed by atoms with Crippen LogP contribution in [0.4, 0.5) is 4.79 Å². The van der Waals surface area contributed by atoms with E-state index in [9.17, 15) is 9.59 Å². The van der Waals surface area contributed by atoms with Crippen molar-refractivity contribution in [2.75, 3.05) is 13.2 Å². The molecule has 0 aliphatic heterocycles. The summed E-state index contributed by atoms with van der Waals surface area (Å²) in [6.45, 7) is 14.3. The molecule has 0 N–H and O–H groups in total. The smallest absolute Gasteiger partial charge is 0.460 e. The Morgan fingerprint density at radius 1 is 1.07 bits per heavy atom. The molecule has 8 heteroatoms. The van der Waals surface area contributed by atoms with E-state index in [4.69, 9.17) is 19.1 Å². The maximum atomic E-state index is 11.6. The number of carbonyl (C=O) groups is 2. The maximum absolute atomic E-state index is 11.6. The molecule has 1 unspecified atom stereocenters. The number of carbonyl (C=O) groups excluding carboxylic acids is 2. The number of benzene rings is 1. The van der Waals surface area contributed by atoms with Crippen molar-refractivity contribution in [2.24, 2.45) is 0 Å². The average Bonchev–Trinajstić information content (AvgIpc) is 2.64. The summed E-state index contributed by atoms with van der Waals surface area (Å²) < 4.78 is 14.8. The Labute approximate surface area is 171 Å². The number of ether oxygens (including phenoxy) is 3. The van der Waals surface area contributed by atoms with Crippen LogP contribution in [-0.2, 0) is 39.4 Å². The molecule has 1 aromatic rings. The zero-order valence-electron chi connectivity index (χ0n) is 17.9. The summed E-state index contributed by atoms with van der Waals surface area (Å²) in [6, 6.07) is 7.86. The maximum Gasteiger partial charge on any atom is 0.544 e. The molecule has 1 aromatic carbocycles. The zero-order valence-corrected chi connectivity index (χ0v) is 17.9. The fourth-order valence-corrected chi connectivity index (χ4v) is 2.11. The Balaban J connectivity index is 2.31. The van der Waals surface area contributed by atoms with Gasteiger partial charge in [-0.15, -0.1) is 0 Å². The van der Waals surface area contributed by atoms with Gasteiger partial charge in [0.05, 0.1) is 6.61 Å². The predicted molar refractivity (Wildman–Crippen MR) is 104 cm³/mol. The molecule has 29 heavy (non-hydrogen) atoms. The van der Waals surface area contributed by atoms with Crippen molar-refractivity contribution in [1.29, 1.82) is 0 Å². The van der Waals surface area contributed by atoms with Crippen LogP contribution in [0.3, 0.4) is 0 Å². The molecule has 0 radical (unpaired) electrons. The third-order valence-corrected chi connectivity index (χ3v) is 3.90. The van der Waals surface area contributed by atoms with Gasteiger partial charge in [-0.3, -0.25) is 0 Å². The van der Waals surface area contributed by atoms with E-state index in [0.29, 0.717) is 5.92 Å². The number of rotatable bonds is 11.